The molecule has 0 saturated heterocycles. The summed E-state index contributed by atoms with van der Waals surface area (Å²) >= 11 is 3.61. The Morgan fingerprint density at radius 1 is 0.324 bits per heavy atom. The summed E-state index contributed by atoms with van der Waals surface area (Å²) in [6.45, 7) is 0. The number of thiophene rings is 2. The van der Waals surface area contributed by atoms with E-state index in [0.717, 1.165) is 103 Å². The third-order valence-corrected chi connectivity index (χ3v) is 17.3. The van der Waals surface area contributed by atoms with Crippen molar-refractivity contribution in [2.75, 3.05) is 0 Å². The molecule has 342 valence electrons. The van der Waals surface area contributed by atoms with Gasteiger partial charge in [0.1, 0.15) is 12.1 Å². The van der Waals surface area contributed by atoms with Crippen LogP contribution in [0.1, 0.15) is 11.1 Å². The molecule has 0 fully saturated rings. The third-order valence-electron chi connectivity index (χ3n) is 15.0. The van der Waals surface area contributed by atoms with Crippen molar-refractivity contribution in [3.8, 4) is 68.0 Å². The number of nitrogens with zero attached hydrogens (tertiary/aromatic N) is 4. The van der Waals surface area contributed by atoms with Crippen LogP contribution >= 0.6 is 22.7 Å². The molecule has 0 bridgehead atoms. The fourth-order valence-corrected chi connectivity index (χ4v) is 14.5. The molecule has 0 amide bonds. The van der Waals surface area contributed by atoms with Gasteiger partial charge in [-0.15, -0.1) is 22.7 Å². The first-order chi connectivity index (χ1) is 36.7. The summed E-state index contributed by atoms with van der Waals surface area (Å²) in [4.78, 5) is 0. The minimum absolute atomic E-state index is 0.428. The van der Waals surface area contributed by atoms with Crippen molar-refractivity contribution in [3.05, 3.63) is 242 Å². The summed E-state index contributed by atoms with van der Waals surface area (Å²) < 4.78 is 9.38. The molecule has 0 N–H and O–H groups in total. The van der Waals surface area contributed by atoms with E-state index in [-0.39, 0.29) is 0 Å². The van der Waals surface area contributed by atoms with Gasteiger partial charge in [-0.25, -0.2) is 0 Å². The largest absolute Gasteiger partial charge is 0.307 e. The molecule has 0 aliphatic rings. The van der Waals surface area contributed by atoms with Crippen LogP contribution in [0.2, 0.25) is 0 Å². The van der Waals surface area contributed by atoms with Crippen LogP contribution in [0.3, 0.4) is 0 Å². The Hall–Kier alpha value is -9.56. The standard InChI is InChI=1S/C68H38N4S2/c69-39-53-59(43-25-9-3-10-26-43)54(40-70)64(60(44-27-11-4-12-28-44)63(53)71-55-33-17-13-29-45(55)46-30-14-18-34-56(46)71)72-65-51(37-49(41-21-5-1-6-22-41)61-47-31-15-19-35-57(47)73-67(61)65)52-38-50(42-23-7-2-8-24-42)62-48-32-16-20-36-58(48)74-68(62)66(52)72/h1-38H. The van der Waals surface area contributed by atoms with E-state index in [2.05, 4.69) is 215 Å². The van der Waals surface area contributed by atoms with Gasteiger partial charge in [0.25, 0.3) is 0 Å². The number of fused-ring (bicyclic) bond motifs is 14. The zero-order valence-electron chi connectivity index (χ0n) is 39.5. The molecule has 11 aromatic carbocycles. The van der Waals surface area contributed by atoms with Crippen LogP contribution in [-0.4, -0.2) is 9.13 Å². The first-order valence-corrected chi connectivity index (χ1v) is 26.3. The molecule has 6 heteroatoms. The van der Waals surface area contributed by atoms with E-state index < -0.39 is 0 Å². The van der Waals surface area contributed by atoms with Gasteiger partial charge in [0.2, 0.25) is 0 Å². The number of hydrogen-bond acceptors (Lipinski definition) is 4. The number of hydrogen-bond donors (Lipinski definition) is 0. The molecule has 4 heterocycles. The molecule has 0 unspecified atom stereocenters. The van der Waals surface area contributed by atoms with Crippen LogP contribution in [0.4, 0.5) is 0 Å². The van der Waals surface area contributed by atoms with E-state index >= 15 is 0 Å². The molecule has 4 nitrogen and oxygen atoms in total. The van der Waals surface area contributed by atoms with E-state index in [4.69, 9.17) is 0 Å². The molecule has 0 atom stereocenters. The van der Waals surface area contributed by atoms with Gasteiger partial charge in [-0.05, 0) is 69.8 Å². The van der Waals surface area contributed by atoms with Crippen LogP contribution in [0.25, 0.3) is 140 Å². The smallest absolute Gasteiger partial charge is 0.102 e. The van der Waals surface area contributed by atoms with E-state index in [1.54, 1.807) is 22.7 Å². The van der Waals surface area contributed by atoms with Gasteiger partial charge < -0.3 is 9.13 Å². The maximum atomic E-state index is 12.3. The van der Waals surface area contributed by atoms with Gasteiger partial charge in [-0.1, -0.05) is 194 Å². The molecule has 0 saturated carbocycles. The number of benzene rings is 11. The van der Waals surface area contributed by atoms with Crippen molar-refractivity contribution in [1.82, 2.24) is 9.13 Å². The van der Waals surface area contributed by atoms with Crippen molar-refractivity contribution in [1.29, 1.82) is 10.5 Å². The Morgan fingerprint density at radius 2 is 0.676 bits per heavy atom. The molecule has 15 aromatic rings. The van der Waals surface area contributed by atoms with Crippen molar-refractivity contribution in [3.63, 3.8) is 0 Å². The van der Waals surface area contributed by atoms with Gasteiger partial charge >= 0.3 is 0 Å². The van der Waals surface area contributed by atoms with Gasteiger partial charge in [0.05, 0.1) is 54.0 Å². The fourth-order valence-electron chi connectivity index (χ4n) is 12.0. The highest BCUT2D eigenvalue weighted by molar-refractivity contribution is 7.27. The summed E-state index contributed by atoms with van der Waals surface area (Å²) in [6.07, 6.45) is 0. The third kappa shape index (κ3) is 5.99. The number of aromatic nitrogens is 2. The first-order valence-electron chi connectivity index (χ1n) is 24.7. The van der Waals surface area contributed by atoms with Gasteiger partial charge in [0.15, 0.2) is 0 Å². The molecule has 4 aromatic heterocycles. The van der Waals surface area contributed by atoms with E-state index in [0.29, 0.717) is 16.7 Å². The molecule has 0 aliphatic carbocycles. The zero-order valence-corrected chi connectivity index (χ0v) is 41.2. The molecule has 0 aliphatic heterocycles. The number of para-hydroxylation sites is 2. The lowest BCUT2D eigenvalue weighted by molar-refractivity contribution is 1.13. The summed E-state index contributed by atoms with van der Waals surface area (Å²) in [6, 6.07) is 87.0. The minimum atomic E-state index is 0.428. The highest BCUT2D eigenvalue weighted by Crippen LogP contribution is 2.55. The van der Waals surface area contributed by atoms with Gasteiger partial charge in [-0.2, -0.15) is 10.5 Å². The predicted octanol–water partition coefficient (Wildman–Crippen LogP) is 19.0. The fraction of sp³-hybridized carbons (Fsp3) is 0. The lowest BCUT2D eigenvalue weighted by Crippen LogP contribution is -2.11. The number of nitriles is 2. The minimum Gasteiger partial charge on any atom is -0.307 e. The first kappa shape index (κ1) is 42.2. The highest BCUT2D eigenvalue weighted by atomic mass is 32.1. The molecule has 74 heavy (non-hydrogen) atoms. The zero-order chi connectivity index (χ0) is 49.0. The normalized spacial score (nSPS) is 11.8. The van der Waals surface area contributed by atoms with Crippen LogP contribution in [0, 0.1) is 22.7 Å². The van der Waals surface area contributed by atoms with Gasteiger partial charge in [-0.3, -0.25) is 0 Å². The second-order valence-electron chi connectivity index (χ2n) is 18.8. The highest BCUT2D eigenvalue weighted by Gasteiger charge is 2.34. The van der Waals surface area contributed by atoms with Crippen LogP contribution < -0.4 is 0 Å². The maximum absolute atomic E-state index is 12.3. The van der Waals surface area contributed by atoms with Crippen molar-refractivity contribution in [2.45, 2.75) is 0 Å². The quantitative estimate of drug-likeness (QED) is 0.167. The van der Waals surface area contributed by atoms with E-state index in [1.807, 2.05) is 36.4 Å². The Balaban J connectivity index is 1.28. The Bertz CT molecular complexity index is 4670. The molecule has 0 spiro atoms. The second kappa shape index (κ2) is 16.5. The second-order valence-corrected chi connectivity index (χ2v) is 20.9. The Morgan fingerprint density at radius 3 is 1.11 bits per heavy atom. The van der Waals surface area contributed by atoms with Crippen molar-refractivity contribution in [2.24, 2.45) is 0 Å². The monoisotopic (exact) mass is 974 g/mol. The molecule has 15 rings (SSSR count). The van der Waals surface area contributed by atoms with Crippen LogP contribution in [0.15, 0.2) is 231 Å². The predicted molar refractivity (Wildman–Crippen MR) is 312 cm³/mol. The molecular formula is C68H38N4S2. The Labute approximate surface area is 433 Å². The van der Waals surface area contributed by atoms with E-state index in [1.165, 1.54) is 30.9 Å². The lowest BCUT2D eigenvalue weighted by atomic mass is 9.86. The lowest BCUT2D eigenvalue weighted by Gasteiger charge is -2.25. The molecular weight excluding hydrogens is 937 g/mol. The number of rotatable bonds is 6. The maximum Gasteiger partial charge on any atom is 0.102 e. The van der Waals surface area contributed by atoms with E-state index in [9.17, 15) is 10.5 Å². The van der Waals surface area contributed by atoms with Crippen LogP contribution in [-0.2, 0) is 0 Å². The van der Waals surface area contributed by atoms with Crippen LogP contribution in [0.5, 0.6) is 0 Å². The average molecular weight is 975 g/mol. The van der Waals surface area contributed by atoms with Crippen molar-refractivity contribution >= 4 is 107 Å². The summed E-state index contributed by atoms with van der Waals surface area (Å²) in [5.41, 5.74) is 13.9. The van der Waals surface area contributed by atoms with Gasteiger partial charge in [0, 0.05) is 63.6 Å². The summed E-state index contributed by atoms with van der Waals surface area (Å²) in [5, 5.41) is 33.4. The Kier molecular flexibility index (Phi) is 9.40. The topological polar surface area (TPSA) is 57.4 Å². The SMILES string of the molecule is N#Cc1c(-c2ccccc2)c(C#N)c(-n2c3c(cc(-c4ccccc4)c4c5ccccc5sc43)c3cc(-c4ccccc4)c4c5ccccc5sc4c32)c(-c2ccccc2)c1-n1c2ccccc2c2ccccc21. The van der Waals surface area contributed by atoms with Crippen molar-refractivity contribution < 1.29 is 0 Å². The summed E-state index contributed by atoms with van der Waals surface area (Å²) in [7, 11) is 0. The average Bonchev–Trinajstić information content (AvgIpc) is 4.24. The summed E-state index contributed by atoms with van der Waals surface area (Å²) in [5.74, 6) is 0. The molecule has 0 radical (unpaired) electrons.